The van der Waals surface area contributed by atoms with Crippen molar-refractivity contribution in [3.63, 3.8) is 0 Å². The van der Waals surface area contributed by atoms with Gasteiger partial charge in [0.15, 0.2) is 0 Å². The Labute approximate surface area is 241 Å². The van der Waals surface area contributed by atoms with Crippen LogP contribution in [0.15, 0.2) is 0 Å². The third-order valence-corrected chi connectivity index (χ3v) is 4.70. The summed E-state index contributed by atoms with van der Waals surface area (Å²) in [7, 11) is 0. The minimum Gasteiger partial charge on any atom is -0.481 e. The van der Waals surface area contributed by atoms with Crippen LogP contribution in [-0.2, 0) is 14.4 Å². The maximum Gasteiger partial charge on any atom is 0.303 e. The van der Waals surface area contributed by atoms with Crippen molar-refractivity contribution < 1.29 is 69.6 Å². The molecule has 0 aromatic carbocycles. The first-order valence-electron chi connectivity index (χ1n) is 12.4. The molecular formula is C27H54GdO6. The minimum absolute atomic E-state index is 0. The van der Waals surface area contributed by atoms with Crippen molar-refractivity contribution >= 4 is 17.9 Å². The Balaban J connectivity index is -0.000000196. The second kappa shape index (κ2) is 22.0. The summed E-state index contributed by atoms with van der Waals surface area (Å²) in [6, 6.07) is 0. The molecule has 0 bridgehead atoms. The molecule has 0 fully saturated rings. The minimum atomic E-state index is -0.682. The Kier molecular flexibility index (Phi) is 26.4. The molecule has 0 saturated carbocycles. The van der Waals surface area contributed by atoms with Crippen LogP contribution in [0.25, 0.3) is 0 Å². The first-order chi connectivity index (χ1) is 14.7. The molecule has 0 heterocycles. The Hall–Kier alpha value is -0.265. The predicted molar refractivity (Wildman–Crippen MR) is 137 cm³/mol. The predicted octanol–water partition coefficient (Wildman–Crippen LogP) is 8.03. The molecule has 6 nitrogen and oxygen atoms in total. The third kappa shape index (κ3) is 53.2. The second-order valence-electron chi connectivity index (χ2n) is 12.5. The monoisotopic (exact) mass is 632 g/mol. The van der Waals surface area contributed by atoms with Crippen molar-refractivity contribution in [3.05, 3.63) is 0 Å². The number of carbonyl (C=O) groups is 3. The van der Waals surface area contributed by atoms with Crippen molar-refractivity contribution in [2.45, 2.75) is 139 Å². The summed E-state index contributed by atoms with van der Waals surface area (Å²) in [4.78, 5) is 30.4. The molecule has 0 aliphatic rings. The summed E-state index contributed by atoms with van der Waals surface area (Å²) in [5.41, 5.74) is 1.04. The largest absolute Gasteiger partial charge is 0.481 e. The standard InChI is InChI=1S/3C9H18O2.Gd/c3*1-9(2,3)7-5-4-6-8(10)11;/h3*4-7H2,1-3H3,(H,10,11);. The van der Waals surface area contributed by atoms with Gasteiger partial charge in [-0.3, -0.25) is 14.4 Å². The second-order valence-corrected chi connectivity index (χ2v) is 12.5. The third-order valence-electron chi connectivity index (χ3n) is 4.70. The molecule has 0 radical (unpaired) electrons. The van der Waals surface area contributed by atoms with E-state index >= 15 is 0 Å². The summed E-state index contributed by atoms with van der Waals surface area (Å²) in [5.74, 6) is -2.04. The molecule has 3 N–H and O–H groups in total. The molecule has 34 heavy (non-hydrogen) atoms. The molecule has 0 unspecified atom stereocenters. The van der Waals surface area contributed by atoms with Gasteiger partial charge in [-0.05, 0) is 54.8 Å². The molecule has 7 heteroatoms. The number of rotatable bonds is 12. The number of aliphatic carboxylic acids is 3. The summed E-state index contributed by atoms with van der Waals surface area (Å²) in [6.45, 7) is 19.6. The Bertz CT molecular complexity index is 449. The maximum atomic E-state index is 10.1. The van der Waals surface area contributed by atoms with Gasteiger partial charge in [-0.15, -0.1) is 0 Å². The van der Waals surface area contributed by atoms with E-state index in [1.165, 1.54) is 0 Å². The van der Waals surface area contributed by atoms with Crippen LogP contribution in [0.5, 0.6) is 0 Å². The van der Waals surface area contributed by atoms with Gasteiger partial charge in [0.2, 0.25) is 0 Å². The zero-order valence-electron chi connectivity index (χ0n) is 23.4. The van der Waals surface area contributed by atoms with Gasteiger partial charge in [0.25, 0.3) is 0 Å². The van der Waals surface area contributed by atoms with Crippen LogP contribution in [0.4, 0.5) is 0 Å². The van der Waals surface area contributed by atoms with Crippen LogP contribution in [0.2, 0.25) is 0 Å². The van der Waals surface area contributed by atoms with Crippen molar-refractivity contribution in [3.8, 4) is 0 Å². The van der Waals surface area contributed by atoms with E-state index in [0.717, 1.165) is 57.8 Å². The smallest absolute Gasteiger partial charge is 0.303 e. The molecule has 0 aliphatic carbocycles. The molecule has 0 saturated heterocycles. The van der Waals surface area contributed by atoms with E-state index in [1.54, 1.807) is 0 Å². The summed E-state index contributed by atoms with van der Waals surface area (Å²) in [6.07, 6.45) is 9.79. The summed E-state index contributed by atoms with van der Waals surface area (Å²) < 4.78 is 0. The molecule has 0 rings (SSSR count). The van der Waals surface area contributed by atoms with E-state index in [4.69, 9.17) is 15.3 Å². The SMILES string of the molecule is CC(C)(C)CCCCC(=O)O.CC(C)(C)CCCCC(=O)O.CC(C)(C)CCCCC(=O)O.[Gd]. The zero-order chi connectivity index (χ0) is 26.7. The Morgan fingerprint density at radius 1 is 0.441 bits per heavy atom. The number of unbranched alkanes of at least 4 members (excludes halogenated alkanes) is 3. The normalized spacial score (nSPS) is 11.2. The molecular weight excluding hydrogens is 578 g/mol. The zero-order valence-corrected chi connectivity index (χ0v) is 25.7. The molecule has 0 aromatic heterocycles. The van der Waals surface area contributed by atoms with Gasteiger partial charge in [-0.1, -0.05) is 81.6 Å². The number of hydrogen-bond acceptors (Lipinski definition) is 3. The topological polar surface area (TPSA) is 112 Å². The number of carboxylic acids is 3. The molecule has 0 aliphatic heterocycles. The van der Waals surface area contributed by atoms with Crippen LogP contribution in [0.3, 0.4) is 0 Å². The molecule has 0 atom stereocenters. The van der Waals surface area contributed by atoms with Crippen molar-refractivity contribution in [1.29, 1.82) is 0 Å². The quantitative estimate of drug-likeness (QED) is 0.188. The fourth-order valence-electron chi connectivity index (χ4n) is 2.79. The van der Waals surface area contributed by atoms with Crippen LogP contribution >= 0.6 is 0 Å². The average Bonchev–Trinajstić information content (AvgIpc) is 2.58. The van der Waals surface area contributed by atoms with E-state index in [-0.39, 0.29) is 39.9 Å². The van der Waals surface area contributed by atoms with E-state index < -0.39 is 17.9 Å². The van der Waals surface area contributed by atoms with Crippen LogP contribution in [0.1, 0.15) is 139 Å². The van der Waals surface area contributed by atoms with Crippen LogP contribution in [-0.4, -0.2) is 33.2 Å². The summed E-state index contributed by atoms with van der Waals surface area (Å²) in [5, 5.41) is 25.0. The maximum absolute atomic E-state index is 10.1. The molecule has 206 valence electrons. The van der Waals surface area contributed by atoms with Crippen molar-refractivity contribution in [1.82, 2.24) is 0 Å². The van der Waals surface area contributed by atoms with Crippen molar-refractivity contribution in [2.75, 3.05) is 0 Å². The van der Waals surface area contributed by atoms with Gasteiger partial charge in [0.05, 0.1) is 0 Å². The fraction of sp³-hybridized carbons (Fsp3) is 0.889. The number of hydrogen-bond donors (Lipinski definition) is 3. The molecule has 0 amide bonds. The first-order valence-corrected chi connectivity index (χ1v) is 12.4. The van der Waals surface area contributed by atoms with Gasteiger partial charge in [-0.25, -0.2) is 0 Å². The fourth-order valence-corrected chi connectivity index (χ4v) is 2.79. The van der Waals surface area contributed by atoms with E-state index in [9.17, 15) is 14.4 Å². The van der Waals surface area contributed by atoms with Gasteiger partial charge in [-0.2, -0.15) is 0 Å². The van der Waals surface area contributed by atoms with Gasteiger partial charge < -0.3 is 15.3 Å². The molecule has 0 spiro atoms. The van der Waals surface area contributed by atoms with Gasteiger partial charge in [0, 0.05) is 59.2 Å². The molecule has 0 aromatic rings. The Morgan fingerprint density at radius 3 is 0.735 bits per heavy atom. The van der Waals surface area contributed by atoms with Crippen molar-refractivity contribution in [2.24, 2.45) is 16.2 Å². The van der Waals surface area contributed by atoms with Crippen LogP contribution in [0, 0.1) is 56.2 Å². The summed E-state index contributed by atoms with van der Waals surface area (Å²) >= 11 is 0. The van der Waals surface area contributed by atoms with Gasteiger partial charge in [0.1, 0.15) is 0 Å². The number of carboxylic acid groups (broad SMARTS) is 3. The van der Waals surface area contributed by atoms with Gasteiger partial charge >= 0.3 is 17.9 Å². The van der Waals surface area contributed by atoms with E-state index in [2.05, 4.69) is 62.3 Å². The first kappa shape index (κ1) is 40.9. The van der Waals surface area contributed by atoms with E-state index in [1.807, 2.05) is 0 Å². The van der Waals surface area contributed by atoms with Crippen LogP contribution < -0.4 is 0 Å². The van der Waals surface area contributed by atoms with E-state index in [0.29, 0.717) is 35.5 Å². The Morgan fingerprint density at radius 2 is 0.618 bits per heavy atom. The average molecular weight is 632 g/mol.